The number of benzene rings is 2. The molecular weight excluding hydrogens is 424 g/mol. The summed E-state index contributed by atoms with van der Waals surface area (Å²) in [6.07, 6.45) is 6.19. The summed E-state index contributed by atoms with van der Waals surface area (Å²) in [5.41, 5.74) is 5.92. The highest BCUT2D eigenvalue weighted by atomic mass is 16.6. The van der Waals surface area contributed by atoms with Gasteiger partial charge >= 0.3 is 0 Å². The fraction of sp³-hybridized carbons (Fsp3) is 0.214. The van der Waals surface area contributed by atoms with Crippen molar-refractivity contribution in [1.29, 1.82) is 0 Å². The van der Waals surface area contributed by atoms with Crippen LogP contribution in [-0.4, -0.2) is 14.5 Å². The largest absolute Gasteiger partial charge is 0.342 e. The number of pyridine rings is 2. The maximum absolute atomic E-state index is 11.4. The van der Waals surface area contributed by atoms with Crippen molar-refractivity contribution < 1.29 is 9.49 Å². The Balaban J connectivity index is 1.75. The van der Waals surface area contributed by atoms with E-state index in [0.29, 0.717) is 0 Å². The van der Waals surface area contributed by atoms with Crippen LogP contribution in [0, 0.1) is 10.1 Å². The summed E-state index contributed by atoms with van der Waals surface area (Å²) in [7, 11) is 4.04. The number of aryl methyl sites for hydroxylation is 2. The van der Waals surface area contributed by atoms with Gasteiger partial charge in [-0.25, -0.2) is 4.57 Å². The summed E-state index contributed by atoms with van der Waals surface area (Å²) in [5, 5.41) is 14.5. The lowest BCUT2D eigenvalue weighted by Crippen LogP contribution is -2.28. The predicted octanol–water partition coefficient (Wildman–Crippen LogP) is 6.08. The first kappa shape index (κ1) is 21.8. The van der Waals surface area contributed by atoms with Crippen molar-refractivity contribution in [3.05, 3.63) is 87.9 Å². The summed E-state index contributed by atoms with van der Waals surface area (Å²) < 4.78 is 4.21. The number of para-hydroxylation sites is 1. The average molecular weight is 452 g/mol. The van der Waals surface area contributed by atoms with Gasteiger partial charge in [0.15, 0.2) is 6.20 Å². The Morgan fingerprint density at radius 2 is 1.76 bits per heavy atom. The zero-order valence-corrected chi connectivity index (χ0v) is 20.0. The Bertz CT molecular complexity index is 1640. The number of nitro benzene ring substituents is 1. The van der Waals surface area contributed by atoms with Crippen LogP contribution in [0.1, 0.15) is 37.7 Å². The molecular formula is C28H27N4O2+. The molecule has 0 N–H and O–H groups in total. The molecule has 5 aromatic rings. The van der Waals surface area contributed by atoms with Gasteiger partial charge in [0.25, 0.3) is 5.69 Å². The van der Waals surface area contributed by atoms with Gasteiger partial charge in [0, 0.05) is 53.0 Å². The maximum Gasteiger partial charge on any atom is 0.270 e. The minimum Gasteiger partial charge on any atom is -0.342 e. The fourth-order valence-corrected chi connectivity index (χ4v) is 4.69. The van der Waals surface area contributed by atoms with Crippen LogP contribution in [0.25, 0.3) is 44.9 Å². The van der Waals surface area contributed by atoms with Crippen molar-refractivity contribution in [3.63, 3.8) is 0 Å². The molecule has 0 fully saturated rings. The highest BCUT2D eigenvalue weighted by Crippen LogP contribution is 2.37. The van der Waals surface area contributed by atoms with Crippen LogP contribution >= 0.6 is 0 Å². The molecule has 0 aliphatic heterocycles. The lowest BCUT2D eigenvalue weighted by Gasteiger charge is -2.20. The summed E-state index contributed by atoms with van der Waals surface area (Å²) in [6.45, 7) is 6.44. The molecule has 0 spiro atoms. The standard InChI is InChI=1S/C28H27N4O2/c1-28(2,3)27-26-23(22-17-20(32(33)34)12-13-25(22)31(26)5)16-19(29-27)11-10-18-14-15-30(4)24-9-7-6-8-21(18)24/h6-17H,1-5H3/q+1. The van der Waals surface area contributed by atoms with Crippen LogP contribution in [0.4, 0.5) is 5.69 Å². The van der Waals surface area contributed by atoms with E-state index in [1.165, 1.54) is 5.39 Å². The highest BCUT2D eigenvalue weighted by molar-refractivity contribution is 6.10. The predicted molar refractivity (Wildman–Crippen MR) is 138 cm³/mol. The zero-order chi connectivity index (χ0) is 24.2. The van der Waals surface area contributed by atoms with E-state index in [9.17, 15) is 10.1 Å². The third-order valence-corrected chi connectivity index (χ3v) is 6.41. The molecule has 0 amide bonds. The van der Waals surface area contributed by atoms with Crippen LogP contribution in [0.5, 0.6) is 0 Å². The van der Waals surface area contributed by atoms with Crippen LogP contribution < -0.4 is 4.57 Å². The Morgan fingerprint density at radius 1 is 1.00 bits per heavy atom. The van der Waals surface area contributed by atoms with Crippen molar-refractivity contribution >= 4 is 50.5 Å². The number of non-ortho nitro benzene ring substituents is 1. The molecule has 34 heavy (non-hydrogen) atoms. The van der Waals surface area contributed by atoms with Gasteiger partial charge in [0.2, 0.25) is 5.52 Å². The van der Waals surface area contributed by atoms with E-state index in [2.05, 4.69) is 60.4 Å². The molecule has 2 aromatic carbocycles. The van der Waals surface area contributed by atoms with Crippen LogP contribution in [-0.2, 0) is 19.5 Å². The molecule has 0 aliphatic rings. The number of hydrogen-bond donors (Lipinski definition) is 0. The Labute approximate surface area is 197 Å². The van der Waals surface area contributed by atoms with Gasteiger partial charge in [-0.2, -0.15) is 0 Å². The third kappa shape index (κ3) is 3.52. The van der Waals surface area contributed by atoms with Gasteiger partial charge < -0.3 is 4.57 Å². The monoisotopic (exact) mass is 451 g/mol. The molecule has 0 saturated heterocycles. The number of aromatic nitrogens is 3. The number of nitro groups is 1. The molecule has 0 bridgehead atoms. The average Bonchev–Trinajstić information content (AvgIpc) is 3.09. The number of hydrogen-bond acceptors (Lipinski definition) is 3. The lowest BCUT2D eigenvalue weighted by molar-refractivity contribution is -0.644. The topological polar surface area (TPSA) is 64.8 Å². The number of nitrogens with zero attached hydrogens (tertiary/aromatic N) is 4. The van der Waals surface area contributed by atoms with Gasteiger partial charge in [0.1, 0.15) is 7.05 Å². The first-order chi connectivity index (χ1) is 16.1. The van der Waals surface area contributed by atoms with E-state index in [1.54, 1.807) is 12.1 Å². The summed E-state index contributed by atoms with van der Waals surface area (Å²) in [5.74, 6) is 0. The lowest BCUT2D eigenvalue weighted by atomic mass is 9.89. The first-order valence-electron chi connectivity index (χ1n) is 11.3. The molecule has 0 radical (unpaired) electrons. The summed E-state index contributed by atoms with van der Waals surface area (Å²) in [6, 6.07) is 17.5. The SMILES string of the molecule is Cn1c2ccc([N+](=O)[O-])cc2c2cc(/C=C/c3cc[n+](C)c4ccccc34)nc(C(C)(C)C)c21. The molecule has 0 aliphatic carbocycles. The van der Waals surface area contributed by atoms with Crippen LogP contribution in [0.2, 0.25) is 0 Å². The molecule has 0 atom stereocenters. The second kappa shape index (κ2) is 7.76. The minimum atomic E-state index is -0.342. The molecule has 0 unspecified atom stereocenters. The normalized spacial score (nSPS) is 12.4. The highest BCUT2D eigenvalue weighted by Gasteiger charge is 2.24. The molecule has 3 heterocycles. The Kier molecular flexibility index (Phi) is 4.97. The quantitative estimate of drug-likeness (QED) is 0.190. The van der Waals surface area contributed by atoms with E-state index < -0.39 is 0 Å². The Morgan fingerprint density at radius 3 is 2.50 bits per heavy atom. The second-order valence-corrected chi connectivity index (χ2v) is 9.79. The van der Waals surface area contributed by atoms with Crippen molar-refractivity contribution in [2.75, 3.05) is 0 Å². The van der Waals surface area contributed by atoms with Gasteiger partial charge in [-0.3, -0.25) is 15.1 Å². The fourth-order valence-electron chi connectivity index (χ4n) is 4.69. The van der Waals surface area contributed by atoms with Crippen molar-refractivity contribution in [1.82, 2.24) is 9.55 Å². The molecule has 170 valence electrons. The first-order valence-corrected chi connectivity index (χ1v) is 11.3. The van der Waals surface area contributed by atoms with Crippen molar-refractivity contribution in [3.8, 4) is 0 Å². The zero-order valence-electron chi connectivity index (χ0n) is 20.0. The van der Waals surface area contributed by atoms with Gasteiger partial charge in [-0.05, 0) is 29.8 Å². The molecule has 6 nitrogen and oxygen atoms in total. The molecule has 5 rings (SSSR count). The molecule has 0 saturated carbocycles. The number of fused-ring (bicyclic) bond motifs is 4. The van der Waals surface area contributed by atoms with E-state index in [-0.39, 0.29) is 16.0 Å². The van der Waals surface area contributed by atoms with Gasteiger partial charge in [-0.15, -0.1) is 0 Å². The summed E-state index contributed by atoms with van der Waals surface area (Å²) in [4.78, 5) is 16.2. The second-order valence-electron chi connectivity index (χ2n) is 9.79. The van der Waals surface area contributed by atoms with E-state index in [0.717, 1.165) is 44.3 Å². The van der Waals surface area contributed by atoms with Gasteiger partial charge in [0.05, 0.1) is 27.2 Å². The van der Waals surface area contributed by atoms with Crippen molar-refractivity contribution in [2.24, 2.45) is 14.1 Å². The maximum atomic E-state index is 11.4. The van der Waals surface area contributed by atoms with E-state index >= 15 is 0 Å². The smallest absolute Gasteiger partial charge is 0.270 e. The number of rotatable bonds is 3. The Hall–Kier alpha value is -4.06. The molecule has 3 aromatic heterocycles. The van der Waals surface area contributed by atoms with Crippen molar-refractivity contribution in [2.45, 2.75) is 26.2 Å². The van der Waals surface area contributed by atoms with Crippen LogP contribution in [0.3, 0.4) is 0 Å². The van der Waals surface area contributed by atoms with Gasteiger partial charge in [-0.1, -0.05) is 39.0 Å². The molecule has 6 heteroatoms. The van der Waals surface area contributed by atoms with E-state index in [4.69, 9.17) is 4.98 Å². The minimum absolute atomic E-state index is 0.0924. The summed E-state index contributed by atoms with van der Waals surface area (Å²) >= 11 is 0. The third-order valence-electron chi connectivity index (χ3n) is 6.41. The van der Waals surface area contributed by atoms with Crippen LogP contribution in [0.15, 0.2) is 60.8 Å². The van der Waals surface area contributed by atoms with E-state index in [1.807, 2.05) is 44.4 Å².